The van der Waals surface area contributed by atoms with Gasteiger partial charge in [-0.1, -0.05) is 17.4 Å². The van der Waals surface area contributed by atoms with Gasteiger partial charge in [-0.2, -0.15) is 0 Å². The van der Waals surface area contributed by atoms with Crippen LogP contribution in [-0.4, -0.2) is 16.8 Å². The molecule has 4 rings (SSSR count). The van der Waals surface area contributed by atoms with Crippen molar-refractivity contribution in [1.29, 1.82) is 0 Å². The van der Waals surface area contributed by atoms with E-state index in [0.29, 0.717) is 26.6 Å². The second-order valence-electron chi connectivity index (χ2n) is 5.66. The van der Waals surface area contributed by atoms with Crippen LogP contribution in [0.5, 0.6) is 0 Å². The van der Waals surface area contributed by atoms with Gasteiger partial charge in [0.1, 0.15) is 11.6 Å². The highest BCUT2D eigenvalue weighted by Gasteiger charge is 2.31. The van der Waals surface area contributed by atoms with E-state index in [4.69, 9.17) is 0 Å². The molecule has 0 radical (unpaired) electrons. The maximum atomic E-state index is 13.4. The van der Waals surface area contributed by atoms with Gasteiger partial charge in [0, 0.05) is 12.1 Å². The Morgan fingerprint density at radius 2 is 1.96 bits per heavy atom. The summed E-state index contributed by atoms with van der Waals surface area (Å²) in [6, 6.07) is 8.09. The van der Waals surface area contributed by atoms with Gasteiger partial charge in [0.05, 0.1) is 16.1 Å². The lowest BCUT2D eigenvalue weighted by Gasteiger charge is -2.24. The molecule has 1 unspecified atom stereocenters. The van der Waals surface area contributed by atoms with Crippen LogP contribution in [-0.2, 0) is 9.59 Å². The topological polar surface area (TPSA) is 71.1 Å². The number of benzene rings is 2. The number of amides is 2. The van der Waals surface area contributed by atoms with Crippen molar-refractivity contribution in [2.24, 2.45) is 0 Å². The van der Waals surface area contributed by atoms with E-state index in [1.165, 1.54) is 36.4 Å². The number of anilines is 2. The van der Waals surface area contributed by atoms with Crippen LogP contribution in [0.3, 0.4) is 0 Å². The fourth-order valence-electron chi connectivity index (χ4n) is 2.82. The Balaban J connectivity index is 1.63. The summed E-state index contributed by atoms with van der Waals surface area (Å²) < 4.78 is 27.2. The number of hydrogen-bond donors (Lipinski definition) is 2. The van der Waals surface area contributed by atoms with Crippen molar-refractivity contribution in [2.45, 2.75) is 12.3 Å². The van der Waals surface area contributed by atoms with Crippen molar-refractivity contribution in [3.63, 3.8) is 0 Å². The minimum absolute atomic E-state index is 0.0377. The van der Waals surface area contributed by atoms with Gasteiger partial charge in [-0.05, 0) is 35.9 Å². The third kappa shape index (κ3) is 2.96. The number of halogens is 2. The van der Waals surface area contributed by atoms with Gasteiger partial charge in [0.2, 0.25) is 11.8 Å². The number of thiazole rings is 1. The summed E-state index contributed by atoms with van der Waals surface area (Å²) in [5.41, 5.74) is 1.42. The molecule has 0 fully saturated rings. The smallest absolute Gasteiger partial charge is 0.234 e. The van der Waals surface area contributed by atoms with Crippen molar-refractivity contribution in [3.8, 4) is 0 Å². The van der Waals surface area contributed by atoms with E-state index in [2.05, 4.69) is 15.6 Å². The molecule has 2 heterocycles. The molecular weight excluding hydrogens is 348 g/mol. The highest BCUT2D eigenvalue weighted by atomic mass is 32.1. The third-order valence-corrected chi connectivity index (χ3v) is 4.89. The van der Waals surface area contributed by atoms with Crippen molar-refractivity contribution < 1.29 is 18.4 Å². The van der Waals surface area contributed by atoms with E-state index in [-0.39, 0.29) is 18.1 Å². The minimum atomic E-state index is -0.743. The van der Waals surface area contributed by atoms with E-state index in [9.17, 15) is 18.4 Å². The van der Waals surface area contributed by atoms with Gasteiger partial charge < -0.3 is 10.6 Å². The zero-order chi connectivity index (χ0) is 17.6. The molecule has 0 spiro atoms. The Morgan fingerprint density at radius 1 is 1.20 bits per heavy atom. The Labute approximate surface area is 144 Å². The second kappa shape index (κ2) is 5.89. The number of carbonyl (C=O) groups excluding carboxylic acids is 2. The van der Waals surface area contributed by atoms with Crippen molar-refractivity contribution in [2.75, 3.05) is 10.6 Å². The summed E-state index contributed by atoms with van der Waals surface area (Å²) in [5.74, 6) is -2.39. The molecule has 0 aliphatic carbocycles. The first kappa shape index (κ1) is 15.6. The quantitative estimate of drug-likeness (QED) is 0.734. The molecule has 0 saturated carbocycles. The first-order valence-corrected chi connectivity index (χ1v) is 8.27. The molecule has 5 nitrogen and oxygen atoms in total. The van der Waals surface area contributed by atoms with Gasteiger partial charge in [-0.25, -0.2) is 13.8 Å². The summed E-state index contributed by atoms with van der Waals surface area (Å²) >= 11 is 1.14. The Bertz CT molecular complexity index is 1020. The fourth-order valence-corrected chi connectivity index (χ4v) is 3.71. The standard InChI is InChI=1S/C17H11F2N3O2S/c18-8-1-3-10-11(7-15(23)20-13(10)5-8)16(24)22-17-21-12-4-2-9(19)6-14(12)25-17/h1-6,11H,7H2,(H,20,23)(H,21,22,24). The van der Waals surface area contributed by atoms with Crippen LogP contribution in [0.4, 0.5) is 19.6 Å². The van der Waals surface area contributed by atoms with Crippen LogP contribution in [0, 0.1) is 11.6 Å². The number of rotatable bonds is 2. The lowest BCUT2D eigenvalue weighted by molar-refractivity contribution is -0.123. The number of carbonyl (C=O) groups is 2. The second-order valence-corrected chi connectivity index (χ2v) is 6.69. The molecule has 2 aromatic carbocycles. The van der Waals surface area contributed by atoms with Crippen LogP contribution >= 0.6 is 11.3 Å². The van der Waals surface area contributed by atoms with Crippen LogP contribution in [0.25, 0.3) is 10.2 Å². The Hall–Kier alpha value is -2.87. The minimum Gasteiger partial charge on any atom is -0.326 e. The lowest BCUT2D eigenvalue weighted by atomic mass is 9.90. The molecule has 2 N–H and O–H groups in total. The predicted octanol–water partition coefficient (Wildman–Crippen LogP) is 3.64. The Morgan fingerprint density at radius 3 is 2.80 bits per heavy atom. The molecule has 8 heteroatoms. The van der Waals surface area contributed by atoms with Crippen molar-refractivity contribution in [3.05, 3.63) is 53.6 Å². The lowest BCUT2D eigenvalue weighted by Crippen LogP contribution is -2.30. The summed E-state index contributed by atoms with van der Waals surface area (Å²) in [7, 11) is 0. The van der Waals surface area contributed by atoms with Crippen LogP contribution in [0.15, 0.2) is 36.4 Å². The number of aromatic nitrogens is 1. The predicted molar refractivity (Wildman–Crippen MR) is 90.6 cm³/mol. The maximum Gasteiger partial charge on any atom is 0.234 e. The monoisotopic (exact) mass is 359 g/mol. The number of hydrogen-bond acceptors (Lipinski definition) is 4. The maximum absolute atomic E-state index is 13.4. The SMILES string of the molecule is O=C1CC(C(=O)Nc2nc3ccc(F)cc3s2)c2ccc(F)cc2N1. The summed E-state index contributed by atoms with van der Waals surface area (Å²) in [6.45, 7) is 0. The number of fused-ring (bicyclic) bond motifs is 2. The zero-order valence-corrected chi connectivity index (χ0v) is 13.5. The summed E-state index contributed by atoms with van der Waals surface area (Å²) in [5, 5.41) is 5.55. The molecule has 25 heavy (non-hydrogen) atoms. The molecule has 0 saturated heterocycles. The molecule has 1 aromatic heterocycles. The molecular formula is C17H11F2N3O2S. The van der Waals surface area contributed by atoms with Crippen molar-refractivity contribution >= 4 is 44.2 Å². The van der Waals surface area contributed by atoms with E-state index in [1.807, 2.05) is 0 Å². The van der Waals surface area contributed by atoms with E-state index < -0.39 is 17.6 Å². The largest absolute Gasteiger partial charge is 0.326 e. The first-order valence-electron chi connectivity index (χ1n) is 7.46. The molecule has 2 amide bonds. The molecule has 0 bridgehead atoms. The van der Waals surface area contributed by atoms with Gasteiger partial charge in [0.25, 0.3) is 0 Å². The number of nitrogens with zero attached hydrogens (tertiary/aromatic N) is 1. The average molecular weight is 359 g/mol. The van der Waals surface area contributed by atoms with E-state index in [1.54, 1.807) is 0 Å². The summed E-state index contributed by atoms with van der Waals surface area (Å²) in [4.78, 5) is 28.7. The fraction of sp³-hybridized carbons (Fsp3) is 0.118. The molecule has 1 atom stereocenters. The normalized spacial score (nSPS) is 16.4. The van der Waals surface area contributed by atoms with Gasteiger partial charge >= 0.3 is 0 Å². The number of nitrogens with one attached hydrogen (secondary N) is 2. The van der Waals surface area contributed by atoms with Gasteiger partial charge in [-0.15, -0.1) is 0 Å². The van der Waals surface area contributed by atoms with Crippen LogP contribution in [0.2, 0.25) is 0 Å². The van der Waals surface area contributed by atoms with E-state index >= 15 is 0 Å². The Kier molecular flexibility index (Phi) is 3.69. The van der Waals surface area contributed by atoms with E-state index in [0.717, 1.165) is 11.3 Å². The molecule has 1 aliphatic heterocycles. The van der Waals surface area contributed by atoms with Crippen LogP contribution < -0.4 is 10.6 Å². The van der Waals surface area contributed by atoms with Crippen LogP contribution in [0.1, 0.15) is 17.9 Å². The molecule has 1 aliphatic rings. The summed E-state index contributed by atoms with van der Waals surface area (Å²) in [6.07, 6.45) is -0.0377. The van der Waals surface area contributed by atoms with Gasteiger partial charge in [-0.3, -0.25) is 9.59 Å². The first-order chi connectivity index (χ1) is 12.0. The highest BCUT2D eigenvalue weighted by molar-refractivity contribution is 7.22. The zero-order valence-electron chi connectivity index (χ0n) is 12.7. The molecule has 126 valence electrons. The third-order valence-electron chi connectivity index (χ3n) is 3.95. The molecule has 3 aromatic rings. The average Bonchev–Trinajstić information content (AvgIpc) is 2.94. The van der Waals surface area contributed by atoms with Crippen molar-refractivity contribution in [1.82, 2.24) is 4.98 Å². The van der Waals surface area contributed by atoms with Gasteiger partial charge in [0.15, 0.2) is 5.13 Å². The highest BCUT2D eigenvalue weighted by Crippen LogP contribution is 2.34.